The normalized spacial score (nSPS) is 16.8. The number of furan rings is 1. The molecule has 0 N–H and O–H groups in total. The lowest BCUT2D eigenvalue weighted by Crippen LogP contribution is -2.34. The maximum absolute atomic E-state index is 13.6. The number of rotatable bonds is 2. The fourth-order valence-electron chi connectivity index (χ4n) is 2.87. The molecule has 1 aromatic carbocycles. The van der Waals surface area contributed by atoms with E-state index in [4.69, 9.17) is 13.9 Å². The lowest BCUT2D eigenvalue weighted by molar-refractivity contribution is -0.193. The van der Waals surface area contributed by atoms with Crippen molar-refractivity contribution in [2.24, 2.45) is 0 Å². The number of halogens is 3. The molecule has 0 radical (unpaired) electrons. The van der Waals surface area contributed by atoms with E-state index in [1.807, 2.05) is 0 Å². The van der Waals surface area contributed by atoms with E-state index in [1.54, 1.807) is 24.3 Å². The Balaban J connectivity index is 1.97. The molecule has 0 atom stereocenters. The molecular formula is C18H12F3NO4S. The Morgan fingerprint density at radius 2 is 1.89 bits per heavy atom. The third kappa shape index (κ3) is 3.08. The van der Waals surface area contributed by atoms with Crippen LogP contribution in [0.1, 0.15) is 24.3 Å². The molecular weight excluding hydrogens is 383 g/mol. The van der Waals surface area contributed by atoms with Crippen molar-refractivity contribution in [3.8, 4) is 11.3 Å². The molecule has 9 heteroatoms. The number of hydrogen-bond acceptors (Lipinski definition) is 6. The number of para-hydroxylation sites is 1. The van der Waals surface area contributed by atoms with Gasteiger partial charge in [-0.15, -0.1) is 0 Å². The second-order valence-electron chi connectivity index (χ2n) is 6.31. The van der Waals surface area contributed by atoms with Gasteiger partial charge in [0.05, 0.1) is 17.3 Å². The summed E-state index contributed by atoms with van der Waals surface area (Å²) in [5, 5.41) is 0.607. The van der Waals surface area contributed by atoms with Crippen LogP contribution in [0.4, 0.5) is 13.2 Å². The molecule has 0 fully saturated rings. The van der Waals surface area contributed by atoms with Gasteiger partial charge in [-0.05, 0) is 17.6 Å². The van der Waals surface area contributed by atoms with Crippen molar-refractivity contribution in [3.05, 3.63) is 47.0 Å². The van der Waals surface area contributed by atoms with Gasteiger partial charge in [-0.3, -0.25) is 0 Å². The average molecular weight is 395 g/mol. The van der Waals surface area contributed by atoms with Crippen LogP contribution in [0.3, 0.4) is 0 Å². The van der Waals surface area contributed by atoms with Gasteiger partial charge in [-0.25, -0.2) is 4.79 Å². The van der Waals surface area contributed by atoms with Crippen molar-refractivity contribution in [2.75, 3.05) is 0 Å². The number of cyclic esters (lactones) is 1. The van der Waals surface area contributed by atoms with Crippen molar-refractivity contribution in [2.45, 2.75) is 25.8 Å². The van der Waals surface area contributed by atoms with Gasteiger partial charge < -0.3 is 13.9 Å². The quantitative estimate of drug-likeness (QED) is 0.557. The summed E-state index contributed by atoms with van der Waals surface area (Å²) in [5.74, 6) is -2.43. The zero-order valence-corrected chi connectivity index (χ0v) is 14.9. The number of nitrogens with zero attached hydrogens (tertiary/aromatic N) is 1. The van der Waals surface area contributed by atoms with Crippen molar-refractivity contribution in [1.82, 2.24) is 4.37 Å². The molecule has 3 heterocycles. The molecule has 3 aromatic rings. The first-order valence-electron chi connectivity index (χ1n) is 7.83. The highest BCUT2D eigenvalue weighted by Crippen LogP contribution is 2.46. The van der Waals surface area contributed by atoms with Crippen LogP contribution >= 0.6 is 11.5 Å². The second-order valence-corrected chi connectivity index (χ2v) is 7.08. The number of carbonyl (C=O) groups excluding carboxylic acids is 1. The molecule has 0 spiro atoms. The Labute approximate surface area is 155 Å². The Morgan fingerprint density at radius 3 is 2.59 bits per heavy atom. The molecule has 1 aliphatic heterocycles. The summed E-state index contributed by atoms with van der Waals surface area (Å²) in [7, 11) is 0. The highest BCUT2D eigenvalue weighted by atomic mass is 32.1. The number of hydrogen-bond donors (Lipinski definition) is 0. The summed E-state index contributed by atoms with van der Waals surface area (Å²) >= 11 is 0.295. The second kappa shape index (κ2) is 5.85. The summed E-state index contributed by atoms with van der Waals surface area (Å²) in [4.78, 5) is 10.9. The van der Waals surface area contributed by atoms with Gasteiger partial charge in [0.25, 0.3) is 0 Å². The van der Waals surface area contributed by atoms with Crippen molar-refractivity contribution >= 4 is 34.2 Å². The summed E-state index contributed by atoms with van der Waals surface area (Å²) in [6, 6.07) is 6.92. The summed E-state index contributed by atoms with van der Waals surface area (Å²) < 4.78 is 60.8. The van der Waals surface area contributed by atoms with E-state index in [1.165, 1.54) is 20.1 Å². The molecule has 27 heavy (non-hydrogen) atoms. The first-order valence-corrected chi connectivity index (χ1v) is 8.60. The molecule has 0 aliphatic carbocycles. The topological polar surface area (TPSA) is 61.6 Å². The minimum Gasteiger partial charge on any atom is -0.464 e. The molecule has 5 nitrogen and oxygen atoms in total. The summed E-state index contributed by atoms with van der Waals surface area (Å²) in [6.07, 6.45) is -2.42. The van der Waals surface area contributed by atoms with Gasteiger partial charge in [0.1, 0.15) is 22.5 Å². The van der Waals surface area contributed by atoms with E-state index in [0.717, 1.165) is 6.08 Å². The fraction of sp³-hybridized carbons (Fsp3) is 0.222. The number of esters is 1. The Kier molecular flexibility index (Phi) is 3.81. The summed E-state index contributed by atoms with van der Waals surface area (Å²) in [5.41, 5.74) is 0.629. The molecule has 2 aromatic heterocycles. The predicted molar refractivity (Wildman–Crippen MR) is 91.6 cm³/mol. The van der Waals surface area contributed by atoms with Crippen LogP contribution in [0.5, 0.6) is 0 Å². The van der Waals surface area contributed by atoms with Crippen LogP contribution in [0.2, 0.25) is 0 Å². The van der Waals surface area contributed by atoms with E-state index >= 15 is 0 Å². The van der Waals surface area contributed by atoms with Gasteiger partial charge in [0.2, 0.25) is 5.79 Å². The first kappa shape index (κ1) is 17.6. The van der Waals surface area contributed by atoms with Gasteiger partial charge in [0, 0.05) is 24.8 Å². The van der Waals surface area contributed by atoms with E-state index < -0.39 is 22.8 Å². The van der Waals surface area contributed by atoms with E-state index in [0.29, 0.717) is 28.1 Å². The van der Waals surface area contributed by atoms with Crippen LogP contribution in [0.25, 0.3) is 28.0 Å². The van der Waals surface area contributed by atoms with E-state index in [-0.39, 0.29) is 17.0 Å². The lowest BCUT2D eigenvalue weighted by Gasteiger charge is -2.31. The zero-order chi connectivity index (χ0) is 19.4. The number of fused-ring (bicyclic) bond motifs is 1. The highest BCUT2D eigenvalue weighted by Gasteiger charge is 2.42. The number of aromatic nitrogens is 1. The maximum atomic E-state index is 13.6. The first-order chi connectivity index (χ1) is 12.7. The molecule has 1 aliphatic rings. The smallest absolute Gasteiger partial charge is 0.427 e. The molecule has 0 bridgehead atoms. The van der Waals surface area contributed by atoms with Crippen LogP contribution in [-0.2, 0) is 20.4 Å². The Bertz CT molecular complexity index is 1080. The standard InChI is InChI=1S/C18H12F3NO4S/c1-17(2)25-12(7-13(23)26-17)14-15(22-27-16(14)18(19,20)21)10-8-24-11-6-4-3-5-9(10)11/h3-8H,1-2H3. The number of carbonyl (C=O) groups is 1. The monoisotopic (exact) mass is 395 g/mol. The van der Waals surface area contributed by atoms with E-state index in [2.05, 4.69) is 4.37 Å². The fourth-order valence-corrected chi connectivity index (χ4v) is 3.64. The van der Waals surface area contributed by atoms with Crippen LogP contribution in [0, 0.1) is 0 Å². The van der Waals surface area contributed by atoms with Crippen LogP contribution < -0.4 is 0 Å². The predicted octanol–water partition coefficient (Wildman–Crippen LogP) is 5.23. The zero-order valence-electron chi connectivity index (χ0n) is 14.1. The number of benzene rings is 1. The summed E-state index contributed by atoms with van der Waals surface area (Å²) in [6.45, 7) is 2.88. The van der Waals surface area contributed by atoms with Crippen molar-refractivity contribution in [1.29, 1.82) is 0 Å². The highest BCUT2D eigenvalue weighted by molar-refractivity contribution is 7.06. The number of alkyl halides is 3. The molecule has 140 valence electrons. The molecule has 0 saturated heterocycles. The lowest BCUT2D eigenvalue weighted by atomic mass is 10.0. The third-order valence-corrected chi connectivity index (χ3v) is 4.78. The Hall–Kier alpha value is -2.81. The molecule has 4 rings (SSSR count). The van der Waals surface area contributed by atoms with E-state index in [9.17, 15) is 18.0 Å². The minimum absolute atomic E-state index is 0.0361. The van der Waals surface area contributed by atoms with Crippen LogP contribution in [-0.4, -0.2) is 16.1 Å². The maximum Gasteiger partial charge on any atom is 0.427 e. The van der Waals surface area contributed by atoms with Gasteiger partial charge in [-0.1, -0.05) is 18.2 Å². The van der Waals surface area contributed by atoms with Crippen molar-refractivity contribution < 1.29 is 31.9 Å². The molecule has 0 unspecified atom stereocenters. The van der Waals surface area contributed by atoms with Gasteiger partial charge in [0.15, 0.2) is 0 Å². The van der Waals surface area contributed by atoms with Gasteiger partial charge >= 0.3 is 12.1 Å². The molecule has 0 amide bonds. The average Bonchev–Trinajstić information content (AvgIpc) is 3.16. The SMILES string of the molecule is CC1(C)OC(=O)C=C(c2c(-c3coc4ccccc34)nsc2C(F)(F)F)O1. The third-order valence-electron chi connectivity index (χ3n) is 3.88. The van der Waals surface area contributed by atoms with Crippen LogP contribution in [0.15, 0.2) is 41.0 Å². The largest absolute Gasteiger partial charge is 0.464 e. The minimum atomic E-state index is -4.67. The Morgan fingerprint density at radius 1 is 1.15 bits per heavy atom. The molecule has 0 saturated carbocycles. The number of ether oxygens (including phenoxy) is 2. The van der Waals surface area contributed by atoms with Gasteiger partial charge in [-0.2, -0.15) is 17.5 Å². The van der Waals surface area contributed by atoms with Crippen molar-refractivity contribution in [3.63, 3.8) is 0 Å².